The molecule has 0 radical (unpaired) electrons. The van der Waals surface area contributed by atoms with Crippen LogP contribution >= 0.6 is 0 Å². The Kier molecular flexibility index (Phi) is 5.58. The summed E-state index contributed by atoms with van der Waals surface area (Å²) in [7, 11) is 3.06. The van der Waals surface area contributed by atoms with Crippen LogP contribution in [0, 0.1) is 5.92 Å². The number of nitrogens with zero attached hydrogens (tertiary/aromatic N) is 3. The van der Waals surface area contributed by atoms with Crippen LogP contribution in [0.3, 0.4) is 0 Å². The van der Waals surface area contributed by atoms with Gasteiger partial charge in [-0.2, -0.15) is 0 Å². The van der Waals surface area contributed by atoms with Crippen LogP contribution in [0.25, 0.3) is 0 Å². The van der Waals surface area contributed by atoms with E-state index in [4.69, 9.17) is 0 Å². The zero-order valence-electron chi connectivity index (χ0n) is 13.8. The van der Waals surface area contributed by atoms with E-state index in [1.165, 1.54) is 30.7 Å². The maximum Gasteiger partial charge on any atom is 0.330 e. The smallest absolute Gasteiger partial charge is 0.330 e. The lowest BCUT2D eigenvalue weighted by molar-refractivity contribution is 0.0567. The van der Waals surface area contributed by atoms with Crippen molar-refractivity contribution in [3.63, 3.8) is 0 Å². The van der Waals surface area contributed by atoms with Crippen LogP contribution in [0.5, 0.6) is 0 Å². The van der Waals surface area contributed by atoms with E-state index >= 15 is 0 Å². The first-order valence-electron chi connectivity index (χ1n) is 8.12. The Balaban J connectivity index is 2.09. The van der Waals surface area contributed by atoms with Crippen molar-refractivity contribution in [1.82, 2.24) is 14.0 Å². The Morgan fingerprint density at radius 1 is 1.27 bits per heavy atom. The van der Waals surface area contributed by atoms with Crippen LogP contribution in [0.2, 0.25) is 0 Å². The van der Waals surface area contributed by atoms with Gasteiger partial charge in [0.15, 0.2) is 0 Å². The van der Waals surface area contributed by atoms with Crippen molar-refractivity contribution in [2.24, 2.45) is 20.0 Å². The summed E-state index contributed by atoms with van der Waals surface area (Å²) in [5, 5.41) is 10.6. The first kappa shape index (κ1) is 17.0. The van der Waals surface area contributed by atoms with Gasteiger partial charge < -0.3 is 14.6 Å². The lowest BCUT2D eigenvalue weighted by Crippen LogP contribution is -2.41. The average Bonchev–Trinajstić information content (AvgIpc) is 2.54. The van der Waals surface area contributed by atoms with E-state index in [-0.39, 0.29) is 17.2 Å². The highest BCUT2D eigenvalue weighted by atomic mass is 16.3. The first-order valence-corrected chi connectivity index (χ1v) is 8.12. The van der Waals surface area contributed by atoms with Crippen molar-refractivity contribution in [3.05, 3.63) is 32.6 Å². The molecule has 1 aliphatic heterocycles. The Bertz CT molecular complexity index is 612. The third-order valence-corrected chi connectivity index (χ3v) is 4.70. The first-order chi connectivity index (χ1) is 10.5. The van der Waals surface area contributed by atoms with E-state index < -0.39 is 6.10 Å². The van der Waals surface area contributed by atoms with E-state index in [1.807, 2.05) is 0 Å². The van der Waals surface area contributed by atoms with Crippen molar-refractivity contribution < 1.29 is 5.11 Å². The molecule has 1 atom stereocenters. The monoisotopic (exact) mass is 309 g/mol. The molecule has 1 fully saturated rings. The Morgan fingerprint density at radius 3 is 2.50 bits per heavy atom. The SMILES string of the molecule is CCCCN1CCC(C(O)c2cn(C)c(=O)n(C)c2=O)CC1. The Morgan fingerprint density at radius 2 is 1.91 bits per heavy atom. The Labute approximate surface area is 131 Å². The van der Waals surface area contributed by atoms with Crippen LogP contribution in [-0.4, -0.2) is 38.8 Å². The summed E-state index contributed by atoms with van der Waals surface area (Å²) < 4.78 is 2.42. The second kappa shape index (κ2) is 7.24. The number of aliphatic hydroxyl groups is 1. The van der Waals surface area contributed by atoms with Gasteiger partial charge in [-0.25, -0.2) is 4.79 Å². The maximum atomic E-state index is 12.2. The van der Waals surface area contributed by atoms with Gasteiger partial charge in [-0.05, 0) is 44.8 Å². The highest BCUT2D eigenvalue weighted by Gasteiger charge is 2.28. The van der Waals surface area contributed by atoms with Gasteiger partial charge in [0.2, 0.25) is 0 Å². The summed E-state index contributed by atoms with van der Waals surface area (Å²) in [6.07, 6.45) is 4.86. The van der Waals surface area contributed by atoms with Gasteiger partial charge in [-0.3, -0.25) is 9.36 Å². The van der Waals surface area contributed by atoms with Gasteiger partial charge in [-0.15, -0.1) is 0 Å². The molecule has 6 nitrogen and oxygen atoms in total. The number of aliphatic hydroxyl groups excluding tert-OH is 1. The fraction of sp³-hybridized carbons (Fsp3) is 0.750. The molecule has 0 aliphatic carbocycles. The second-order valence-electron chi connectivity index (χ2n) is 6.32. The van der Waals surface area contributed by atoms with E-state index in [9.17, 15) is 14.7 Å². The molecule has 0 amide bonds. The topological polar surface area (TPSA) is 67.5 Å². The average molecular weight is 309 g/mol. The molecule has 0 spiro atoms. The van der Waals surface area contributed by atoms with Crippen molar-refractivity contribution in [2.75, 3.05) is 19.6 Å². The maximum absolute atomic E-state index is 12.2. The fourth-order valence-corrected chi connectivity index (χ4v) is 3.17. The molecular weight excluding hydrogens is 282 g/mol. The number of hydrogen-bond donors (Lipinski definition) is 1. The summed E-state index contributed by atoms with van der Waals surface area (Å²) in [5.74, 6) is 0.0862. The minimum Gasteiger partial charge on any atom is -0.388 e. The van der Waals surface area contributed by atoms with Gasteiger partial charge in [-0.1, -0.05) is 13.3 Å². The van der Waals surface area contributed by atoms with Crippen molar-refractivity contribution >= 4 is 0 Å². The van der Waals surface area contributed by atoms with E-state index in [0.29, 0.717) is 5.56 Å². The minimum absolute atomic E-state index is 0.0862. The van der Waals surface area contributed by atoms with E-state index in [2.05, 4.69) is 11.8 Å². The predicted molar refractivity (Wildman–Crippen MR) is 86.0 cm³/mol. The number of hydrogen-bond acceptors (Lipinski definition) is 4. The molecule has 1 N–H and O–H groups in total. The summed E-state index contributed by atoms with van der Waals surface area (Å²) in [6.45, 7) is 5.23. The zero-order valence-corrected chi connectivity index (χ0v) is 13.8. The molecular formula is C16H27N3O3. The van der Waals surface area contributed by atoms with Crippen molar-refractivity contribution in [1.29, 1.82) is 0 Å². The lowest BCUT2D eigenvalue weighted by Gasteiger charge is -2.34. The van der Waals surface area contributed by atoms with E-state index in [1.54, 1.807) is 7.05 Å². The number of likely N-dealkylation sites (tertiary alicyclic amines) is 1. The molecule has 1 aliphatic rings. The molecule has 22 heavy (non-hydrogen) atoms. The summed E-state index contributed by atoms with van der Waals surface area (Å²) in [6, 6.07) is 0. The summed E-state index contributed by atoms with van der Waals surface area (Å²) in [5.41, 5.74) is -0.420. The van der Waals surface area contributed by atoms with Crippen LogP contribution in [0.15, 0.2) is 15.8 Å². The number of piperidine rings is 1. The van der Waals surface area contributed by atoms with E-state index in [0.717, 1.165) is 37.0 Å². The van der Waals surface area contributed by atoms with Gasteiger partial charge in [0, 0.05) is 20.3 Å². The molecule has 2 rings (SSSR count). The molecule has 2 heterocycles. The highest BCUT2D eigenvalue weighted by Crippen LogP contribution is 2.29. The van der Waals surface area contributed by atoms with Crippen LogP contribution in [-0.2, 0) is 14.1 Å². The minimum atomic E-state index is -0.793. The number of rotatable bonds is 5. The standard InChI is InChI=1S/C16H27N3O3/c1-4-5-8-19-9-6-12(7-10-19)14(20)13-11-17(2)16(22)18(3)15(13)21/h11-12,14,20H,4-10H2,1-3H3. The molecule has 1 aromatic heterocycles. The van der Waals surface area contributed by atoms with Gasteiger partial charge >= 0.3 is 5.69 Å². The quantitative estimate of drug-likeness (QED) is 0.866. The van der Waals surface area contributed by atoms with Gasteiger partial charge in [0.1, 0.15) is 0 Å². The molecule has 0 bridgehead atoms. The molecule has 1 aromatic rings. The van der Waals surface area contributed by atoms with Gasteiger partial charge in [0.25, 0.3) is 5.56 Å². The summed E-state index contributed by atoms with van der Waals surface area (Å²) >= 11 is 0. The van der Waals surface area contributed by atoms with Gasteiger partial charge in [0.05, 0.1) is 11.7 Å². The van der Waals surface area contributed by atoms with Crippen molar-refractivity contribution in [3.8, 4) is 0 Å². The molecule has 6 heteroatoms. The Hall–Kier alpha value is -1.40. The predicted octanol–water partition coefficient (Wildman–Crippen LogP) is 0.629. The number of unbranched alkanes of at least 4 members (excludes halogenated alkanes) is 1. The highest BCUT2D eigenvalue weighted by molar-refractivity contribution is 5.11. The molecule has 1 unspecified atom stereocenters. The van der Waals surface area contributed by atoms with Crippen LogP contribution in [0.1, 0.15) is 44.3 Å². The third kappa shape index (κ3) is 3.50. The molecule has 124 valence electrons. The van der Waals surface area contributed by atoms with Crippen LogP contribution in [0.4, 0.5) is 0 Å². The zero-order chi connectivity index (χ0) is 16.3. The normalized spacial score (nSPS) is 18.5. The second-order valence-corrected chi connectivity index (χ2v) is 6.32. The van der Waals surface area contributed by atoms with Crippen molar-refractivity contribution in [2.45, 2.75) is 38.7 Å². The third-order valence-electron chi connectivity index (χ3n) is 4.70. The summed E-state index contributed by atoms with van der Waals surface area (Å²) in [4.78, 5) is 26.4. The largest absolute Gasteiger partial charge is 0.388 e. The molecule has 0 saturated carbocycles. The van der Waals surface area contributed by atoms with Crippen LogP contribution < -0.4 is 11.2 Å². The fourth-order valence-electron chi connectivity index (χ4n) is 3.17. The number of aromatic nitrogens is 2. The molecule has 1 saturated heterocycles. The lowest BCUT2D eigenvalue weighted by atomic mass is 9.88. The molecule has 0 aromatic carbocycles. The number of aryl methyl sites for hydroxylation is 1.